The van der Waals surface area contributed by atoms with Crippen LogP contribution in [0.25, 0.3) is 21.9 Å². The molecule has 5 amide bonds. The normalized spacial score (nSPS) is 20.5. The Balaban J connectivity index is 0.778. The summed E-state index contributed by atoms with van der Waals surface area (Å²) in [5.74, 6) is -0.294. The molecule has 4 aromatic rings. The average molecular weight is 760 g/mol. The number of aromatic nitrogens is 2. The second-order valence-electron chi connectivity index (χ2n) is 15.8. The number of rotatable bonds is 9. The first kappa shape index (κ1) is 35.6. The van der Waals surface area contributed by atoms with Crippen molar-refractivity contribution in [3.05, 3.63) is 82.0 Å². The summed E-state index contributed by atoms with van der Waals surface area (Å²) in [7, 11) is 5.00. The molecule has 1 N–H and O–H groups in total. The number of methoxy groups -OCH3 is 2. The van der Waals surface area contributed by atoms with E-state index in [1.54, 1.807) is 50.4 Å². The van der Waals surface area contributed by atoms with Crippen molar-refractivity contribution < 1.29 is 33.4 Å². The number of ether oxygens (including phenoxy) is 2. The van der Waals surface area contributed by atoms with Crippen molar-refractivity contribution in [3.63, 3.8) is 0 Å². The molecule has 15 nitrogen and oxygen atoms in total. The summed E-state index contributed by atoms with van der Waals surface area (Å²) in [4.78, 5) is 87.9. The van der Waals surface area contributed by atoms with Crippen LogP contribution in [-0.2, 0) is 28.0 Å². The summed E-state index contributed by atoms with van der Waals surface area (Å²) in [6.45, 7) is 5.03. The van der Waals surface area contributed by atoms with Crippen molar-refractivity contribution in [1.29, 1.82) is 0 Å². The number of benzene rings is 2. The van der Waals surface area contributed by atoms with Crippen LogP contribution in [0.4, 0.5) is 5.69 Å². The summed E-state index contributed by atoms with van der Waals surface area (Å²) >= 11 is 0. The van der Waals surface area contributed by atoms with E-state index in [-0.39, 0.29) is 46.8 Å². The summed E-state index contributed by atoms with van der Waals surface area (Å²) in [5.41, 5.74) is 3.89. The Morgan fingerprint density at radius 2 is 1.61 bits per heavy atom. The van der Waals surface area contributed by atoms with Crippen LogP contribution >= 0.6 is 0 Å². The summed E-state index contributed by atoms with van der Waals surface area (Å²) < 4.78 is 13.3. The number of likely N-dealkylation sites (tertiary alicyclic amines) is 2. The molecule has 0 radical (unpaired) electrons. The second-order valence-corrected chi connectivity index (χ2v) is 15.8. The fourth-order valence-corrected chi connectivity index (χ4v) is 9.11. The van der Waals surface area contributed by atoms with Gasteiger partial charge in [-0.3, -0.25) is 48.9 Å². The van der Waals surface area contributed by atoms with Gasteiger partial charge in [-0.2, -0.15) is 0 Å². The standard InChI is InChI=1S/C41H41N7O8/c1-44-17-30(26-8-9-42-14-29(26)38(44)52)24-11-33(55-2)31(34(12-24)56-3)18-45-15-23(16-45)10-36(50)47-21-41(22-47)19-46(20-41)25-4-5-27-28(13-25)40(54)48(39(27)53)32-6-7-35(49)43-37(32)51/h4-5,8-9,11-14,17,23,32H,6-7,10,15-16,18-22H2,1-3H3,(H,43,49,51). The fourth-order valence-electron chi connectivity index (χ4n) is 9.11. The molecular formula is C41H41N7O8. The molecule has 5 aliphatic heterocycles. The molecule has 0 bridgehead atoms. The number of hydrogen-bond acceptors (Lipinski definition) is 11. The first-order chi connectivity index (χ1) is 27.0. The molecule has 56 heavy (non-hydrogen) atoms. The maximum atomic E-state index is 13.3. The average Bonchev–Trinajstić information content (AvgIpc) is 3.39. The SMILES string of the molecule is COc1cc(-c2cn(C)c(=O)c3cnccc23)cc(OC)c1CN1CC(CC(=O)N2CC3(C2)CN(c2ccc4c(c2)C(=O)N(C2CCC(=O)NC2=O)C4=O)C3)C1. The first-order valence-electron chi connectivity index (χ1n) is 18.7. The van der Waals surface area contributed by atoms with Gasteiger partial charge >= 0.3 is 0 Å². The van der Waals surface area contributed by atoms with E-state index in [9.17, 15) is 28.8 Å². The van der Waals surface area contributed by atoms with E-state index in [1.165, 1.54) is 0 Å². The Labute approximate surface area is 321 Å². The second kappa shape index (κ2) is 13.3. The van der Waals surface area contributed by atoms with Crippen LogP contribution in [0.15, 0.2) is 59.8 Å². The number of aryl methyl sites for hydroxylation is 1. The zero-order chi connectivity index (χ0) is 39.0. The Kier molecular flexibility index (Phi) is 8.45. The van der Waals surface area contributed by atoms with Crippen molar-refractivity contribution in [2.24, 2.45) is 18.4 Å². The van der Waals surface area contributed by atoms with Crippen LogP contribution in [0.2, 0.25) is 0 Å². The number of amides is 5. The Morgan fingerprint density at radius 3 is 2.30 bits per heavy atom. The number of nitrogens with zero attached hydrogens (tertiary/aromatic N) is 6. The van der Waals surface area contributed by atoms with Gasteiger partial charge < -0.3 is 23.8 Å². The number of carbonyl (C=O) groups is 5. The van der Waals surface area contributed by atoms with Gasteiger partial charge in [-0.15, -0.1) is 0 Å². The lowest BCUT2D eigenvalue weighted by molar-refractivity contribution is -0.147. The van der Waals surface area contributed by atoms with Crippen molar-refractivity contribution in [2.75, 3.05) is 58.4 Å². The van der Waals surface area contributed by atoms with Gasteiger partial charge in [-0.05, 0) is 59.7 Å². The van der Waals surface area contributed by atoms with Gasteiger partial charge in [0.1, 0.15) is 17.5 Å². The highest BCUT2D eigenvalue weighted by Gasteiger charge is 2.54. The van der Waals surface area contributed by atoms with Crippen LogP contribution in [0.5, 0.6) is 11.5 Å². The van der Waals surface area contributed by atoms with Crippen molar-refractivity contribution >= 4 is 46.0 Å². The van der Waals surface area contributed by atoms with Crippen LogP contribution in [0.3, 0.4) is 0 Å². The lowest BCUT2D eigenvalue weighted by atomic mass is 9.72. The monoisotopic (exact) mass is 759 g/mol. The van der Waals surface area contributed by atoms with E-state index in [0.717, 1.165) is 58.8 Å². The fraction of sp³-hybridized carbons (Fsp3) is 0.390. The van der Waals surface area contributed by atoms with Crippen LogP contribution in [0.1, 0.15) is 45.5 Å². The number of pyridine rings is 2. The topological polar surface area (TPSA) is 164 Å². The molecule has 1 spiro atoms. The molecule has 4 saturated heterocycles. The minimum Gasteiger partial charge on any atom is -0.496 e. The highest BCUT2D eigenvalue weighted by molar-refractivity contribution is 6.23. The maximum Gasteiger partial charge on any atom is 0.262 e. The van der Waals surface area contributed by atoms with Crippen LogP contribution in [-0.4, -0.2) is 113 Å². The van der Waals surface area contributed by atoms with Gasteiger partial charge in [-0.25, -0.2) is 0 Å². The maximum absolute atomic E-state index is 13.3. The quantitative estimate of drug-likeness (QED) is 0.249. The van der Waals surface area contributed by atoms with E-state index in [2.05, 4.69) is 20.1 Å². The number of piperidine rings is 1. The molecule has 1 unspecified atom stereocenters. The Bertz CT molecular complexity index is 2400. The molecular weight excluding hydrogens is 718 g/mol. The molecule has 9 rings (SSSR count). The summed E-state index contributed by atoms with van der Waals surface area (Å²) in [6.07, 6.45) is 5.76. The molecule has 7 heterocycles. The van der Waals surface area contributed by atoms with E-state index < -0.39 is 29.7 Å². The number of fused-ring (bicyclic) bond motifs is 2. The summed E-state index contributed by atoms with van der Waals surface area (Å²) in [6, 6.07) is 9.96. The molecule has 288 valence electrons. The van der Waals surface area contributed by atoms with E-state index in [0.29, 0.717) is 42.9 Å². The minimum absolute atomic E-state index is 0.00969. The zero-order valence-corrected chi connectivity index (χ0v) is 31.4. The van der Waals surface area contributed by atoms with Gasteiger partial charge in [0.05, 0.1) is 36.3 Å². The predicted octanol–water partition coefficient (Wildman–Crippen LogP) is 2.19. The van der Waals surface area contributed by atoms with E-state index in [4.69, 9.17) is 9.47 Å². The molecule has 4 fully saturated rings. The van der Waals surface area contributed by atoms with Gasteiger partial charge in [-0.1, -0.05) is 0 Å². The minimum atomic E-state index is -0.998. The third kappa shape index (κ3) is 5.79. The number of nitrogens with one attached hydrogen (secondary N) is 1. The molecule has 2 aromatic carbocycles. The van der Waals surface area contributed by atoms with Gasteiger partial charge in [0.15, 0.2) is 0 Å². The Morgan fingerprint density at radius 1 is 0.893 bits per heavy atom. The zero-order valence-electron chi connectivity index (χ0n) is 31.4. The molecule has 0 saturated carbocycles. The molecule has 15 heteroatoms. The first-order valence-corrected chi connectivity index (χ1v) is 18.7. The van der Waals surface area contributed by atoms with Crippen molar-refractivity contribution in [1.82, 2.24) is 29.6 Å². The summed E-state index contributed by atoms with van der Waals surface area (Å²) in [5, 5.41) is 3.56. The molecule has 0 aliphatic carbocycles. The van der Waals surface area contributed by atoms with Crippen molar-refractivity contribution in [2.45, 2.75) is 31.8 Å². The lowest BCUT2D eigenvalue weighted by Crippen LogP contribution is -2.73. The smallest absolute Gasteiger partial charge is 0.262 e. The number of carbonyl (C=O) groups excluding carboxylic acids is 5. The van der Waals surface area contributed by atoms with E-state index in [1.807, 2.05) is 35.4 Å². The highest BCUT2D eigenvalue weighted by Crippen LogP contribution is 2.44. The van der Waals surface area contributed by atoms with Crippen molar-refractivity contribution in [3.8, 4) is 22.6 Å². The van der Waals surface area contributed by atoms with Gasteiger partial charge in [0, 0.05) is 101 Å². The van der Waals surface area contributed by atoms with Crippen LogP contribution < -0.4 is 25.2 Å². The third-order valence-electron chi connectivity index (χ3n) is 12.0. The number of imide groups is 2. The number of hydrogen-bond donors (Lipinski definition) is 1. The van der Waals surface area contributed by atoms with Gasteiger partial charge in [0.25, 0.3) is 17.4 Å². The van der Waals surface area contributed by atoms with E-state index >= 15 is 0 Å². The molecule has 2 aromatic heterocycles. The third-order valence-corrected chi connectivity index (χ3v) is 12.0. The lowest BCUT2D eigenvalue weighted by Gasteiger charge is -2.61. The van der Waals surface area contributed by atoms with Crippen LogP contribution in [0, 0.1) is 11.3 Å². The number of anilines is 1. The molecule has 5 aliphatic rings. The Hall–Kier alpha value is -6.09. The largest absolute Gasteiger partial charge is 0.496 e. The molecule has 1 atom stereocenters. The predicted molar refractivity (Wildman–Crippen MR) is 203 cm³/mol. The van der Waals surface area contributed by atoms with Gasteiger partial charge in [0.2, 0.25) is 17.7 Å². The highest BCUT2D eigenvalue weighted by atomic mass is 16.5.